The lowest BCUT2D eigenvalue weighted by atomic mass is 9.77. The molecule has 0 spiro atoms. The van der Waals surface area contributed by atoms with Crippen molar-refractivity contribution in [1.82, 2.24) is 4.90 Å². The molecule has 0 radical (unpaired) electrons. The zero-order chi connectivity index (χ0) is 20.4. The Morgan fingerprint density at radius 1 is 1.03 bits per heavy atom. The Morgan fingerprint density at radius 3 is 2.40 bits per heavy atom. The van der Waals surface area contributed by atoms with Crippen LogP contribution in [0.2, 0.25) is 10.0 Å². The molecule has 1 unspecified atom stereocenters. The molecule has 30 heavy (non-hydrogen) atoms. The van der Waals surface area contributed by atoms with E-state index in [-0.39, 0.29) is 22.5 Å². The van der Waals surface area contributed by atoms with Crippen molar-refractivity contribution in [3.8, 4) is 0 Å². The van der Waals surface area contributed by atoms with E-state index >= 15 is 0 Å². The molecule has 2 aromatic rings. The van der Waals surface area contributed by atoms with Gasteiger partial charge in [0.15, 0.2) is 18.3 Å². The van der Waals surface area contributed by atoms with Gasteiger partial charge in [0.05, 0.1) is 5.92 Å². The summed E-state index contributed by atoms with van der Waals surface area (Å²) in [5.41, 5.74) is 3.91. The fourth-order valence-electron chi connectivity index (χ4n) is 4.64. The van der Waals surface area contributed by atoms with Crippen LogP contribution in [0.1, 0.15) is 37.8 Å². The molecule has 2 nitrogen and oxygen atoms in total. The summed E-state index contributed by atoms with van der Waals surface area (Å²) in [5.74, 6) is 0.355. The largest absolute Gasteiger partial charge is 1.00 e. The highest BCUT2D eigenvalue weighted by Crippen LogP contribution is 2.38. The third-order valence-corrected chi connectivity index (χ3v) is 7.07. The van der Waals surface area contributed by atoms with Gasteiger partial charge in [-0.15, -0.1) is 0 Å². The molecule has 1 fully saturated rings. The predicted octanol–water partition coefficient (Wildman–Crippen LogP) is 3.21. The maximum Gasteiger partial charge on any atom is 0.168 e. The number of likely N-dealkylation sites (tertiary alicyclic amines) is 1. The van der Waals surface area contributed by atoms with E-state index in [4.69, 9.17) is 23.2 Å². The molecule has 0 saturated carbocycles. The summed E-state index contributed by atoms with van der Waals surface area (Å²) in [6.45, 7) is 7.94. The van der Waals surface area contributed by atoms with E-state index in [2.05, 4.69) is 72.0 Å². The van der Waals surface area contributed by atoms with E-state index in [1.807, 2.05) is 12.1 Å². The third-order valence-electron chi connectivity index (χ3n) is 6.48. The Kier molecular flexibility index (Phi) is 7.71. The summed E-state index contributed by atoms with van der Waals surface area (Å²) in [5, 5.41) is 1.45. The number of nitrogens with zero attached hydrogens (tertiary/aromatic N) is 2. The van der Waals surface area contributed by atoms with Crippen molar-refractivity contribution in [1.29, 1.82) is 0 Å². The molecule has 2 aliphatic heterocycles. The fourth-order valence-corrected chi connectivity index (χ4v) is 5.12. The average molecular weight is 508 g/mol. The lowest BCUT2D eigenvalue weighted by Gasteiger charge is -2.39. The van der Waals surface area contributed by atoms with E-state index in [9.17, 15) is 0 Å². The van der Waals surface area contributed by atoms with Crippen LogP contribution in [-0.4, -0.2) is 34.3 Å². The Morgan fingerprint density at radius 2 is 1.73 bits per heavy atom. The number of benzene rings is 2. The normalized spacial score (nSPS) is 20.4. The van der Waals surface area contributed by atoms with Crippen molar-refractivity contribution < 1.29 is 21.6 Å². The quantitative estimate of drug-likeness (QED) is 0.563. The first kappa shape index (κ1) is 23.4. The maximum atomic E-state index is 6.58. The molecule has 1 saturated heterocycles. The Balaban J connectivity index is 0.00000256. The lowest BCUT2D eigenvalue weighted by molar-refractivity contribution is -0.621. The highest BCUT2D eigenvalue weighted by atomic mass is 79.9. The van der Waals surface area contributed by atoms with Crippen LogP contribution < -0.4 is 17.0 Å². The van der Waals surface area contributed by atoms with Gasteiger partial charge < -0.3 is 21.9 Å². The van der Waals surface area contributed by atoms with Gasteiger partial charge in [-0.25, -0.2) is 4.58 Å². The highest BCUT2D eigenvalue weighted by Gasteiger charge is 2.45. The molecule has 2 heterocycles. The standard InChI is InChI=1S/C25H29Cl2N2.BrH/c1-25(2)22(16-20-10-11-21(26)17-23(20)27)24(28-13-6-7-14-28)12-15-29(25)18-19-8-4-3-5-9-19;/h3-5,8-12,15,17,22H,6-7,13-14,16,18H2,1-2H3;1H/q+1;/p-1. The van der Waals surface area contributed by atoms with Gasteiger partial charge in [-0.1, -0.05) is 59.6 Å². The highest BCUT2D eigenvalue weighted by molar-refractivity contribution is 6.35. The van der Waals surface area contributed by atoms with Gasteiger partial charge in [-0.3, -0.25) is 0 Å². The van der Waals surface area contributed by atoms with Gasteiger partial charge in [0.25, 0.3) is 0 Å². The molecule has 0 aliphatic carbocycles. The number of allylic oxidation sites excluding steroid dienone is 1. The number of rotatable bonds is 5. The molecule has 4 rings (SSSR count). The Hall–Kier alpha value is -1.29. The minimum absolute atomic E-state index is 0. The minimum Gasteiger partial charge on any atom is -1.00 e. The molecule has 2 aromatic carbocycles. The second kappa shape index (κ2) is 9.89. The van der Waals surface area contributed by atoms with Gasteiger partial charge in [-0.05, 0) is 37.0 Å². The van der Waals surface area contributed by atoms with E-state index in [1.54, 1.807) is 0 Å². The minimum atomic E-state index is -0.0362. The number of hydrogen-bond acceptors (Lipinski definition) is 1. The van der Waals surface area contributed by atoms with Gasteiger partial charge in [0.2, 0.25) is 0 Å². The van der Waals surface area contributed by atoms with E-state index in [0.29, 0.717) is 10.9 Å². The lowest BCUT2D eigenvalue weighted by Crippen LogP contribution is -3.00. The van der Waals surface area contributed by atoms with Crippen molar-refractivity contribution in [3.05, 3.63) is 81.5 Å². The predicted molar refractivity (Wildman–Crippen MR) is 123 cm³/mol. The summed E-state index contributed by atoms with van der Waals surface area (Å²) in [6, 6.07) is 16.6. The second-order valence-electron chi connectivity index (χ2n) is 8.69. The number of hydrogen-bond donors (Lipinski definition) is 0. The van der Waals surface area contributed by atoms with Crippen molar-refractivity contribution in [3.63, 3.8) is 0 Å². The summed E-state index contributed by atoms with van der Waals surface area (Å²) in [6.07, 6.45) is 8.10. The SMILES string of the molecule is CC1(C)C(Cc2ccc(Cl)cc2Cl)C(N2CCCC2)=CC=[N+]1Cc1ccccc1.[Br-]. The van der Waals surface area contributed by atoms with Crippen molar-refractivity contribution in [2.24, 2.45) is 5.92 Å². The van der Waals surface area contributed by atoms with Crippen LogP contribution in [0.3, 0.4) is 0 Å². The Labute approximate surface area is 201 Å². The monoisotopic (exact) mass is 506 g/mol. The van der Waals surface area contributed by atoms with Gasteiger partial charge >= 0.3 is 0 Å². The van der Waals surface area contributed by atoms with Gasteiger partial charge in [0, 0.05) is 54.3 Å². The summed E-state index contributed by atoms with van der Waals surface area (Å²) in [7, 11) is 0. The summed E-state index contributed by atoms with van der Waals surface area (Å²) in [4.78, 5) is 2.58. The van der Waals surface area contributed by atoms with Crippen molar-refractivity contribution in [2.45, 2.75) is 45.2 Å². The first-order chi connectivity index (χ1) is 13.9. The summed E-state index contributed by atoms with van der Waals surface area (Å²) < 4.78 is 2.48. The Bertz CT molecular complexity index is 931. The van der Waals surface area contributed by atoms with Crippen LogP contribution >= 0.6 is 23.2 Å². The fraction of sp³-hybridized carbons (Fsp3) is 0.400. The molecule has 5 heteroatoms. The van der Waals surface area contributed by atoms with Crippen LogP contribution in [0.4, 0.5) is 0 Å². The van der Waals surface area contributed by atoms with Gasteiger partial charge in [0.1, 0.15) is 0 Å². The molecule has 1 atom stereocenters. The first-order valence-corrected chi connectivity index (χ1v) is 11.3. The molecular formula is C25H29BrCl2N2. The zero-order valence-corrected chi connectivity index (χ0v) is 20.7. The van der Waals surface area contributed by atoms with E-state index < -0.39 is 0 Å². The smallest absolute Gasteiger partial charge is 0.168 e. The van der Waals surface area contributed by atoms with Crippen LogP contribution in [-0.2, 0) is 13.0 Å². The zero-order valence-electron chi connectivity index (χ0n) is 17.6. The molecule has 0 N–H and O–H groups in total. The third kappa shape index (κ3) is 4.95. The second-order valence-corrected chi connectivity index (χ2v) is 9.54. The van der Waals surface area contributed by atoms with Crippen LogP contribution in [0, 0.1) is 5.92 Å². The van der Waals surface area contributed by atoms with Gasteiger partial charge in [-0.2, -0.15) is 0 Å². The molecule has 160 valence electrons. The maximum absolute atomic E-state index is 6.58. The van der Waals surface area contributed by atoms with E-state index in [1.165, 1.54) is 29.7 Å². The average Bonchev–Trinajstić information content (AvgIpc) is 3.22. The first-order valence-electron chi connectivity index (χ1n) is 10.5. The summed E-state index contributed by atoms with van der Waals surface area (Å²) >= 11 is 12.7. The van der Waals surface area contributed by atoms with Crippen LogP contribution in [0.25, 0.3) is 0 Å². The molecule has 0 aromatic heterocycles. The molecular weight excluding hydrogens is 479 g/mol. The van der Waals surface area contributed by atoms with E-state index in [0.717, 1.165) is 31.1 Å². The molecule has 0 amide bonds. The van der Waals surface area contributed by atoms with Crippen molar-refractivity contribution in [2.75, 3.05) is 13.1 Å². The molecule has 2 aliphatic rings. The van der Waals surface area contributed by atoms with Crippen molar-refractivity contribution >= 4 is 29.4 Å². The molecule has 0 bridgehead atoms. The van der Waals surface area contributed by atoms with Crippen LogP contribution in [0.15, 0.2) is 60.3 Å². The van der Waals surface area contributed by atoms with Crippen LogP contribution in [0.5, 0.6) is 0 Å². The topological polar surface area (TPSA) is 6.25 Å². The number of halogens is 3.